The lowest BCUT2D eigenvalue weighted by Gasteiger charge is -2.29. The SMILES string of the molecule is O=C(Nc1nccs1)C(c1cc(F)ccc1O)N1Cc2ccc(-c3ccc(N4CCNCC4)cc3)cc2C1=O.O=C(O)C(F)(F)F. The molecule has 240 valence electrons. The van der Waals surface area contributed by atoms with E-state index in [1.807, 2.05) is 30.3 Å². The zero-order valence-electron chi connectivity index (χ0n) is 23.9. The molecule has 1 saturated heterocycles. The van der Waals surface area contributed by atoms with E-state index in [0.29, 0.717) is 10.7 Å². The van der Waals surface area contributed by atoms with E-state index in [1.54, 1.807) is 11.6 Å². The maximum Gasteiger partial charge on any atom is 0.490 e. The van der Waals surface area contributed by atoms with E-state index in [1.165, 1.54) is 22.3 Å². The molecule has 6 rings (SSSR count). The Labute approximate surface area is 263 Å². The van der Waals surface area contributed by atoms with Crippen LogP contribution in [0.4, 0.5) is 28.4 Å². The average Bonchev–Trinajstić information content (AvgIpc) is 3.67. The first-order valence-corrected chi connectivity index (χ1v) is 14.8. The van der Waals surface area contributed by atoms with E-state index in [0.717, 1.165) is 60.7 Å². The number of aromatic hydroxyl groups is 1. The van der Waals surface area contributed by atoms with Crippen LogP contribution in [0, 0.1) is 5.82 Å². The summed E-state index contributed by atoms with van der Waals surface area (Å²) in [7, 11) is 0. The Morgan fingerprint density at radius 1 is 1.00 bits per heavy atom. The van der Waals surface area contributed by atoms with Gasteiger partial charge in [0, 0.05) is 61.1 Å². The fourth-order valence-electron chi connectivity index (χ4n) is 5.15. The molecule has 0 radical (unpaired) electrons. The molecule has 0 aliphatic carbocycles. The van der Waals surface area contributed by atoms with Crippen LogP contribution in [0.2, 0.25) is 0 Å². The van der Waals surface area contributed by atoms with Crippen molar-refractivity contribution in [3.63, 3.8) is 0 Å². The van der Waals surface area contributed by atoms with Crippen LogP contribution in [-0.2, 0) is 16.1 Å². The number of aliphatic carboxylic acids is 1. The Balaban J connectivity index is 0.000000537. The normalized spacial score (nSPS) is 15.1. The van der Waals surface area contributed by atoms with E-state index in [9.17, 15) is 32.3 Å². The van der Waals surface area contributed by atoms with Gasteiger partial charge in [-0.3, -0.25) is 14.9 Å². The first-order chi connectivity index (χ1) is 21.9. The summed E-state index contributed by atoms with van der Waals surface area (Å²) in [6.07, 6.45) is -3.54. The number of carboxylic acid groups (broad SMARTS) is 1. The zero-order valence-corrected chi connectivity index (χ0v) is 24.7. The van der Waals surface area contributed by atoms with E-state index in [2.05, 4.69) is 32.7 Å². The van der Waals surface area contributed by atoms with Crippen LogP contribution in [0.1, 0.15) is 27.5 Å². The van der Waals surface area contributed by atoms with Crippen molar-refractivity contribution < 1.29 is 42.2 Å². The van der Waals surface area contributed by atoms with Crippen molar-refractivity contribution in [2.24, 2.45) is 0 Å². The second kappa shape index (κ2) is 13.5. The molecule has 1 atom stereocenters. The maximum atomic E-state index is 14.2. The molecule has 1 unspecified atom stereocenters. The molecular formula is C31H27F4N5O5S. The van der Waals surface area contributed by atoms with E-state index < -0.39 is 29.9 Å². The molecule has 4 aromatic rings. The summed E-state index contributed by atoms with van der Waals surface area (Å²) >= 11 is 1.22. The van der Waals surface area contributed by atoms with Crippen molar-refractivity contribution in [2.75, 3.05) is 36.4 Å². The second-order valence-corrected chi connectivity index (χ2v) is 11.2. The second-order valence-electron chi connectivity index (χ2n) is 10.3. The number of halogens is 4. The Bertz CT molecular complexity index is 1730. The third kappa shape index (κ3) is 7.26. The monoisotopic (exact) mass is 657 g/mol. The number of nitrogens with one attached hydrogen (secondary N) is 2. The maximum absolute atomic E-state index is 14.2. The molecule has 15 heteroatoms. The molecule has 0 bridgehead atoms. The quantitative estimate of drug-likeness (QED) is 0.212. The molecule has 3 heterocycles. The van der Waals surface area contributed by atoms with Gasteiger partial charge in [0.15, 0.2) is 5.13 Å². The van der Waals surface area contributed by atoms with Crippen molar-refractivity contribution in [2.45, 2.75) is 18.8 Å². The van der Waals surface area contributed by atoms with Gasteiger partial charge in [0.2, 0.25) is 0 Å². The summed E-state index contributed by atoms with van der Waals surface area (Å²) in [6, 6.07) is 16.1. The van der Waals surface area contributed by atoms with Crippen LogP contribution in [0.3, 0.4) is 0 Å². The number of nitrogens with zero attached hydrogens (tertiary/aromatic N) is 3. The standard InChI is InChI=1S/C29H26FN5O3S.C2HF3O2/c30-21-5-8-25(36)24(16-21)26(27(37)33-29-32-11-14-39-29)35-17-20-2-1-19(15-23(20)28(35)38)18-3-6-22(7-4-18)34-12-9-31-10-13-34;3-2(4,5)1(6)7/h1-8,11,14-16,26,31,36H,9-10,12-13,17H2,(H,32,33,37);(H,6,7). The molecule has 2 aliphatic heterocycles. The Morgan fingerprint density at radius 2 is 1.67 bits per heavy atom. The number of hydrogen-bond acceptors (Lipinski definition) is 8. The van der Waals surface area contributed by atoms with Crippen LogP contribution >= 0.6 is 11.3 Å². The Kier molecular flexibility index (Phi) is 9.53. The van der Waals surface area contributed by atoms with E-state index in [4.69, 9.17) is 9.90 Å². The number of rotatable bonds is 6. The Hall–Kier alpha value is -5.02. The van der Waals surface area contributed by atoms with Crippen molar-refractivity contribution in [1.82, 2.24) is 15.2 Å². The van der Waals surface area contributed by atoms with Crippen LogP contribution in [-0.4, -0.2) is 70.2 Å². The number of benzene rings is 3. The number of phenols is 1. The molecule has 46 heavy (non-hydrogen) atoms. The van der Waals surface area contributed by atoms with Crippen LogP contribution in [0.5, 0.6) is 5.75 Å². The van der Waals surface area contributed by atoms with Gasteiger partial charge >= 0.3 is 12.1 Å². The first kappa shape index (κ1) is 32.4. The fourth-order valence-corrected chi connectivity index (χ4v) is 5.69. The smallest absolute Gasteiger partial charge is 0.490 e. The van der Waals surface area contributed by atoms with Gasteiger partial charge in [0.05, 0.1) is 0 Å². The zero-order chi connectivity index (χ0) is 33.0. The van der Waals surface area contributed by atoms with Crippen LogP contribution < -0.4 is 15.5 Å². The molecular weight excluding hydrogens is 630 g/mol. The number of thiazole rings is 1. The van der Waals surface area contributed by atoms with Gasteiger partial charge in [-0.2, -0.15) is 13.2 Å². The van der Waals surface area contributed by atoms with Crippen LogP contribution in [0.15, 0.2) is 72.2 Å². The third-order valence-corrected chi connectivity index (χ3v) is 8.06. The first-order valence-electron chi connectivity index (χ1n) is 13.9. The molecule has 3 aromatic carbocycles. The van der Waals surface area contributed by atoms with Gasteiger partial charge in [0.1, 0.15) is 17.6 Å². The van der Waals surface area contributed by atoms with Crippen molar-refractivity contribution >= 4 is 39.9 Å². The summed E-state index contributed by atoms with van der Waals surface area (Å²) in [5, 5.41) is 25.8. The number of piperazine rings is 1. The molecule has 4 N–H and O–H groups in total. The molecule has 1 fully saturated rings. The lowest BCUT2D eigenvalue weighted by Crippen LogP contribution is -2.43. The predicted octanol–water partition coefficient (Wildman–Crippen LogP) is 5.03. The highest BCUT2D eigenvalue weighted by Crippen LogP contribution is 2.38. The summed E-state index contributed by atoms with van der Waals surface area (Å²) in [6.45, 7) is 3.98. The number of alkyl halides is 3. The number of aromatic nitrogens is 1. The minimum absolute atomic E-state index is 0.00828. The molecule has 0 spiro atoms. The highest BCUT2D eigenvalue weighted by Gasteiger charge is 2.40. The number of hydrogen-bond donors (Lipinski definition) is 4. The van der Waals surface area contributed by atoms with Crippen molar-refractivity contribution in [3.8, 4) is 16.9 Å². The van der Waals surface area contributed by atoms with E-state index >= 15 is 0 Å². The number of carboxylic acids is 1. The number of carbonyl (C=O) groups excluding carboxylic acids is 2. The molecule has 10 nitrogen and oxygen atoms in total. The Morgan fingerprint density at radius 3 is 2.30 bits per heavy atom. The summed E-state index contributed by atoms with van der Waals surface area (Å²) in [4.78, 5) is 43.8. The van der Waals surface area contributed by atoms with E-state index in [-0.39, 0.29) is 23.8 Å². The fraction of sp³-hybridized carbons (Fsp3) is 0.226. The summed E-state index contributed by atoms with van der Waals surface area (Å²) < 4.78 is 46.0. The molecule has 1 aromatic heterocycles. The summed E-state index contributed by atoms with van der Waals surface area (Å²) in [5.74, 6) is -4.61. The van der Waals surface area contributed by atoms with Crippen molar-refractivity contribution in [1.29, 1.82) is 0 Å². The van der Waals surface area contributed by atoms with Gasteiger partial charge in [-0.25, -0.2) is 14.2 Å². The van der Waals surface area contributed by atoms with Crippen molar-refractivity contribution in [3.05, 3.63) is 94.7 Å². The third-order valence-electron chi connectivity index (χ3n) is 7.37. The van der Waals surface area contributed by atoms with Gasteiger partial charge in [-0.1, -0.05) is 24.3 Å². The lowest BCUT2D eigenvalue weighted by molar-refractivity contribution is -0.192. The molecule has 2 amide bonds. The lowest BCUT2D eigenvalue weighted by atomic mass is 10.00. The minimum Gasteiger partial charge on any atom is -0.508 e. The number of anilines is 2. The molecule has 2 aliphatic rings. The van der Waals surface area contributed by atoms with Crippen LogP contribution in [0.25, 0.3) is 11.1 Å². The summed E-state index contributed by atoms with van der Waals surface area (Å²) in [5.41, 5.74) is 4.25. The van der Waals surface area contributed by atoms with Gasteiger partial charge < -0.3 is 25.3 Å². The largest absolute Gasteiger partial charge is 0.508 e. The topological polar surface area (TPSA) is 135 Å². The number of fused-ring (bicyclic) bond motifs is 1. The van der Waals surface area contributed by atoms with Gasteiger partial charge in [-0.15, -0.1) is 11.3 Å². The number of carbonyl (C=O) groups is 3. The predicted molar refractivity (Wildman–Crippen MR) is 162 cm³/mol. The number of amides is 2. The highest BCUT2D eigenvalue weighted by molar-refractivity contribution is 7.13. The average molecular weight is 658 g/mol. The number of phenolic OH excluding ortho intramolecular Hbond substituents is 1. The molecule has 0 saturated carbocycles. The highest BCUT2D eigenvalue weighted by atomic mass is 32.1. The van der Waals surface area contributed by atoms with Gasteiger partial charge in [0.25, 0.3) is 11.8 Å². The van der Waals surface area contributed by atoms with Gasteiger partial charge in [-0.05, 0) is 53.1 Å². The minimum atomic E-state index is -5.08.